The van der Waals surface area contributed by atoms with Crippen molar-refractivity contribution in [3.63, 3.8) is 0 Å². The van der Waals surface area contributed by atoms with Crippen LogP contribution in [-0.4, -0.2) is 62.7 Å². The molecule has 2 rings (SSSR count). The first kappa shape index (κ1) is 26.8. The summed E-state index contributed by atoms with van der Waals surface area (Å²) in [6.07, 6.45) is -2.26. The number of anilines is 1. The van der Waals surface area contributed by atoms with Gasteiger partial charge >= 0.3 is 6.18 Å². The smallest absolute Gasteiger partial charge is 0.422 e. The van der Waals surface area contributed by atoms with Crippen LogP contribution in [0, 0.1) is 0 Å². The van der Waals surface area contributed by atoms with Crippen molar-refractivity contribution in [1.82, 2.24) is 5.32 Å². The number of hydrogen-bond acceptors (Lipinski definition) is 6. The molecule has 1 aromatic carbocycles. The SMILES string of the molecule is CC(OCCNC(C)Cc1cc2c(c(C(N)=O)c1)N(CCCO)CC2)=C(C)OCC(F)(F)F. The Hall–Kier alpha value is -2.46. The summed E-state index contributed by atoms with van der Waals surface area (Å²) in [5, 5.41) is 12.4. The number of amides is 1. The Morgan fingerprint density at radius 1 is 1.27 bits per heavy atom. The largest absolute Gasteiger partial charge is 0.493 e. The molecular formula is C23H34F3N3O4. The summed E-state index contributed by atoms with van der Waals surface area (Å²) in [5.41, 5.74) is 9.11. The van der Waals surface area contributed by atoms with E-state index in [0.29, 0.717) is 37.3 Å². The maximum atomic E-state index is 12.2. The maximum absolute atomic E-state index is 12.2. The van der Waals surface area contributed by atoms with Crippen molar-refractivity contribution >= 4 is 11.6 Å². The number of carbonyl (C=O) groups is 1. The number of aliphatic hydroxyl groups excluding tert-OH is 1. The lowest BCUT2D eigenvalue weighted by molar-refractivity contribution is -0.165. The Labute approximate surface area is 192 Å². The number of alkyl halides is 3. The summed E-state index contributed by atoms with van der Waals surface area (Å²) in [7, 11) is 0. The van der Waals surface area contributed by atoms with E-state index in [9.17, 15) is 18.0 Å². The van der Waals surface area contributed by atoms with Crippen LogP contribution in [0.3, 0.4) is 0 Å². The Kier molecular flexibility index (Phi) is 9.85. The predicted molar refractivity (Wildman–Crippen MR) is 120 cm³/mol. The van der Waals surface area contributed by atoms with Crippen LogP contribution in [0.1, 0.15) is 48.7 Å². The second-order valence-corrected chi connectivity index (χ2v) is 8.25. The lowest BCUT2D eigenvalue weighted by Crippen LogP contribution is -2.31. The Morgan fingerprint density at radius 2 is 1.97 bits per heavy atom. The average molecular weight is 474 g/mol. The molecule has 1 aromatic rings. The number of carbonyl (C=O) groups excluding carboxylic acids is 1. The van der Waals surface area contributed by atoms with Crippen LogP contribution in [0.5, 0.6) is 0 Å². The maximum Gasteiger partial charge on any atom is 0.422 e. The highest BCUT2D eigenvalue weighted by molar-refractivity contribution is 6.00. The minimum absolute atomic E-state index is 0.0751. The molecule has 0 radical (unpaired) electrons. The Balaban J connectivity index is 1.89. The minimum atomic E-state index is -4.39. The lowest BCUT2D eigenvalue weighted by atomic mass is 9.98. The van der Waals surface area contributed by atoms with Crippen molar-refractivity contribution in [2.24, 2.45) is 5.73 Å². The van der Waals surface area contributed by atoms with Gasteiger partial charge in [-0.25, -0.2) is 0 Å². The highest BCUT2D eigenvalue weighted by Crippen LogP contribution is 2.33. The number of aliphatic hydroxyl groups is 1. The number of nitrogens with two attached hydrogens (primary N) is 1. The molecule has 1 atom stereocenters. The first-order valence-corrected chi connectivity index (χ1v) is 11.1. The topological polar surface area (TPSA) is 97.0 Å². The minimum Gasteiger partial charge on any atom is -0.493 e. The van der Waals surface area contributed by atoms with Crippen molar-refractivity contribution < 1.29 is 32.5 Å². The molecule has 4 N–H and O–H groups in total. The van der Waals surface area contributed by atoms with E-state index in [4.69, 9.17) is 15.6 Å². The van der Waals surface area contributed by atoms with E-state index in [2.05, 4.69) is 21.0 Å². The van der Waals surface area contributed by atoms with Gasteiger partial charge < -0.3 is 30.5 Å². The van der Waals surface area contributed by atoms with E-state index in [1.807, 2.05) is 13.0 Å². The van der Waals surface area contributed by atoms with Gasteiger partial charge in [0.25, 0.3) is 5.91 Å². The molecule has 0 bridgehead atoms. The summed E-state index contributed by atoms with van der Waals surface area (Å²) in [4.78, 5) is 14.2. The average Bonchev–Trinajstić information content (AvgIpc) is 3.14. The second kappa shape index (κ2) is 12.1. The molecule has 0 spiro atoms. The number of allylic oxidation sites excluding steroid dienone is 2. The number of benzene rings is 1. The molecule has 186 valence electrons. The quantitative estimate of drug-likeness (QED) is 0.301. The second-order valence-electron chi connectivity index (χ2n) is 8.25. The zero-order valence-electron chi connectivity index (χ0n) is 19.4. The van der Waals surface area contributed by atoms with E-state index >= 15 is 0 Å². The van der Waals surface area contributed by atoms with Crippen LogP contribution in [0.15, 0.2) is 23.7 Å². The molecule has 1 heterocycles. The number of nitrogens with one attached hydrogen (secondary N) is 1. The monoisotopic (exact) mass is 473 g/mol. The molecule has 1 aliphatic rings. The molecule has 1 aliphatic heterocycles. The summed E-state index contributed by atoms with van der Waals surface area (Å²) in [6, 6.07) is 4.01. The number of rotatable bonds is 13. The molecule has 1 unspecified atom stereocenters. The zero-order valence-corrected chi connectivity index (χ0v) is 19.4. The van der Waals surface area contributed by atoms with Crippen molar-refractivity contribution in [3.8, 4) is 0 Å². The van der Waals surface area contributed by atoms with Gasteiger partial charge in [0.15, 0.2) is 6.61 Å². The fraction of sp³-hybridized carbons (Fsp3) is 0.609. The molecule has 0 saturated carbocycles. The third-order valence-electron chi connectivity index (χ3n) is 5.47. The predicted octanol–water partition coefficient (Wildman–Crippen LogP) is 2.90. The van der Waals surface area contributed by atoms with Crippen molar-refractivity contribution in [2.45, 2.75) is 52.3 Å². The van der Waals surface area contributed by atoms with Gasteiger partial charge in [-0.3, -0.25) is 4.79 Å². The van der Waals surface area contributed by atoms with Gasteiger partial charge in [0, 0.05) is 32.3 Å². The van der Waals surface area contributed by atoms with E-state index in [1.54, 1.807) is 6.92 Å². The molecule has 33 heavy (non-hydrogen) atoms. The molecule has 0 aliphatic carbocycles. The number of hydrogen-bond donors (Lipinski definition) is 3. The third-order valence-corrected chi connectivity index (χ3v) is 5.47. The molecule has 1 amide bonds. The Bertz CT molecular complexity index is 843. The summed E-state index contributed by atoms with van der Waals surface area (Å²) >= 11 is 0. The van der Waals surface area contributed by atoms with Gasteiger partial charge in [0.1, 0.15) is 18.1 Å². The van der Waals surface area contributed by atoms with Crippen LogP contribution >= 0.6 is 0 Å². The van der Waals surface area contributed by atoms with Crippen LogP contribution in [-0.2, 0) is 22.3 Å². The first-order chi connectivity index (χ1) is 15.5. The van der Waals surface area contributed by atoms with Gasteiger partial charge in [-0.1, -0.05) is 6.07 Å². The van der Waals surface area contributed by atoms with Crippen LogP contribution in [0.4, 0.5) is 18.9 Å². The Morgan fingerprint density at radius 3 is 2.61 bits per heavy atom. The van der Waals surface area contributed by atoms with Gasteiger partial charge in [-0.2, -0.15) is 13.2 Å². The van der Waals surface area contributed by atoms with E-state index in [0.717, 1.165) is 29.8 Å². The summed E-state index contributed by atoms with van der Waals surface area (Å²) < 4.78 is 46.8. The molecule has 0 aromatic heterocycles. The number of nitrogens with zero attached hydrogens (tertiary/aromatic N) is 1. The highest BCUT2D eigenvalue weighted by Gasteiger charge is 2.28. The first-order valence-electron chi connectivity index (χ1n) is 11.1. The standard InChI is InChI=1S/C23H34F3N3O4/c1-15(28-6-10-32-16(2)17(3)33-14-23(24,25)26)11-18-12-19-5-8-29(7-4-9-30)21(19)20(13-18)22(27)31/h12-13,15,28,30H,4-11,14H2,1-3H3,(H2,27,31). The fourth-order valence-corrected chi connectivity index (χ4v) is 3.81. The number of halogens is 3. The molecular weight excluding hydrogens is 439 g/mol. The number of ether oxygens (including phenoxy) is 2. The zero-order chi connectivity index (χ0) is 24.6. The van der Waals surface area contributed by atoms with Crippen LogP contribution in [0.2, 0.25) is 0 Å². The third kappa shape index (κ3) is 8.43. The van der Waals surface area contributed by atoms with E-state index in [1.165, 1.54) is 6.92 Å². The lowest BCUT2D eigenvalue weighted by Gasteiger charge is -2.22. The van der Waals surface area contributed by atoms with Crippen molar-refractivity contribution in [1.29, 1.82) is 0 Å². The fourth-order valence-electron chi connectivity index (χ4n) is 3.81. The van der Waals surface area contributed by atoms with Gasteiger partial charge in [0.2, 0.25) is 0 Å². The summed E-state index contributed by atoms with van der Waals surface area (Å²) in [6.45, 7) is 6.00. The van der Waals surface area contributed by atoms with Crippen LogP contribution < -0.4 is 16.0 Å². The normalized spacial score (nSPS) is 15.2. The van der Waals surface area contributed by atoms with Crippen molar-refractivity contribution in [2.75, 3.05) is 44.4 Å². The summed E-state index contributed by atoms with van der Waals surface area (Å²) in [5.74, 6) is -0.0573. The van der Waals surface area contributed by atoms with E-state index < -0.39 is 18.7 Å². The number of fused-ring (bicyclic) bond motifs is 1. The van der Waals surface area contributed by atoms with E-state index in [-0.39, 0.29) is 25.0 Å². The number of primary amides is 1. The van der Waals surface area contributed by atoms with Gasteiger partial charge in [-0.05, 0) is 57.2 Å². The van der Waals surface area contributed by atoms with Gasteiger partial charge in [0.05, 0.1) is 11.3 Å². The van der Waals surface area contributed by atoms with Crippen LogP contribution in [0.25, 0.3) is 0 Å². The molecule has 10 heteroatoms. The molecule has 7 nitrogen and oxygen atoms in total. The molecule has 0 fully saturated rings. The van der Waals surface area contributed by atoms with Gasteiger partial charge in [-0.15, -0.1) is 0 Å². The molecule has 0 saturated heterocycles. The van der Waals surface area contributed by atoms with Crippen molar-refractivity contribution in [3.05, 3.63) is 40.3 Å². The highest BCUT2D eigenvalue weighted by atomic mass is 19.4.